The van der Waals surface area contributed by atoms with Gasteiger partial charge < -0.3 is 0 Å². The van der Waals surface area contributed by atoms with Crippen LogP contribution < -0.4 is 0 Å². The summed E-state index contributed by atoms with van der Waals surface area (Å²) in [6.07, 6.45) is -2.24. The van der Waals surface area contributed by atoms with Gasteiger partial charge in [-0.1, -0.05) is 0 Å². The summed E-state index contributed by atoms with van der Waals surface area (Å²) >= 11 is 1.95. The van der Waals surface area contributed by atoms with Gasteiger partial charge in [-0.05, 0) is 0 Å². The molecule has 0 aromatic heterocycles. The number of hydrogen-bond acceptors (Lipinski definition) is 4. The second-order valence-electron chi connectivity index (χ2n) is 3.35. The predicted molar refractivity (Wildman–Crippen MR) is 58.1 cm³/mol. The number of aliphatic hydroxyl groups is 2. The molecule has 2 aliphatic heterocycles. The second kappa shape index (κ2) is 3.28. The monoisotopic (exact) mass is 305 g/mol. The molecule has 3 atom stereocenters. The van der Waals surface area contributed by atoms with Crippen LogP contribution in [0.25, 0.3) is 10.4 Å². The minimum absolute atomic E-state index is 0.288. The van der Waals surface area contributed by atoms with Crippen LogP contribution in [0.5, 0.6) is 0 Å². The summed E-state index contributed by atoms with van der Waals surface area (Å²) in [5.74, 6) is 0. The molecule has 2 aliphatic rings. The van der Waals surface area contributed by atoms with E-state index in [1.807, 2.05) is 22.6 Å². The Morgan fingerprint density at radius 3 is 2.50 bits per heavy atom. The number of hydrogen-bond donors (Lipinski definition) is 2. The summed E-state index contributed by atoms with van der Waals surface area (Å²) in [5, 5.41) is 21.9. The van der Waals surface area contributed by atoms with Crippen molar-refractivity contribution in [1.82, 2.24) is 0 Å². The van der Waals surface area contributed by atoms with E-state index in [1.165, 1.54) is 0 Å². The van der Waals surface area contributed by atoms with Crippen LogP contribution in [-0.2, 0) is 4.74 Å². The third-order valence-corrected chi connectivity index (χ3v) is 3.57. The first-order valence-electron chi connectivity index (χ1n) is 3.99. The van der Waals surface area contributed by atoms with Crippen LogP contribution in [-0.4, -0.2) is 51.6 Å². The Kier molecular flexibility index (Phi) is 2.47. The second-order valence-corrected chi connectivity index (χ2v) is 4.11. The SMILES string of the molecule is [N-]=[N+]=N[C@]1(CI)OC2(B=B2)C(O)[C@@H]1O. The van der Waals surface area contributed by atoms with Gasteiger partial charge >= 0.3 is 94.5 Å². The zero-order valence-corrected chi connectivity index (χ0v) is 9.20. The molecule has 2 heterocycles. The average molecular weight is 305 g/mol. The number of nitrogens with zero attached hydrogens (tertiary/aromatic N) is 3. The summed E-state index contributed by atoms with van der Waals surface area (Å²) in [6, 6.07) is 0. The quantitative estimate of drug-likeness (QED) is 0.174. The molecule has 0 aromatic carbocycles. The summed E-state index contributed by atoms with van der Waals surface area (Å²) < 4.78 is 5.71. The first kappa shape index (κ1) is 10.6. The van der Waals surface area contributed by atoms with Gasteiger partial charge in [-0.3, -0.25) is 0 Å². The Morgan fingerprint density at radius 2 is 2.14 bits per heavy atom. The van der Waals surface area contributed by atoms with Crippen LogP contribution in [0.15, 0.2) is 5.11 Å². The zero-order chi connectivity index (χ0) is 10.4. The van der Waals surface area contributed by atoms with Crippen molar-refractivity contribution in [2.24, 2.45) is 5.11 Å². The Labute approximate surface area is 94.5 Å². The first-order valence-corrected chi connectivity index (χ1v) is 5.52. The predicted octanol–water partition coefficient (Wildman–Crippen LogP) is -0.829. The van der Waals surface area contributed by atoms with Crippen molar-refractivity contribution in [2.45, 2.75) is 23.3 Å². The number of ether oxygens (including phenoxy) is 1. The van der Waals surface area contributed by atoms with Gasteiger partial charge in [-0.15, -0.1) is 0 Å². The van der Waals surface area contributed by atoms with Gasteiger partial charge in [-0.25, -0.2) is 0 Å². The van der Waals surface area contributed by atoms with Crippen molar-refractivity contribution in [3.8, 4) is 0 Å². The van der Waals surface area contributed by atoms with Crippen molar-refractivity contribution in [3.63, 3.8) is 0 Å². The van der Waals surface area contributed by atoms with Gasteiger partial charge in [0.25, 0.3) is 0 Å². The summed E-state index contributed by atoms with van der Waals surface area (Å²) in [5.41, 5.74) is 7.03. The third kappa shape index (κ3) is 1.27. The van der Waals surface area contributed by atoms with Crippen LogP contribution in [0, 0.1) is 0 Å². The molecular formula is C5H6B2IN3O3. The Bertz CT molecular complexity index is 341. The number of rotatable bonds is 2. The number of halogens is 1. The molecule has 0 saturated carbocycles. The van der Waals surface area contributed by atoms with Crippen LogP contribution >= 0.6 is 22.6 Å². The first-order chi connectivity index (χ1) is 6.60. The Balaban J connectivity index is 2.32. The molecule has 1 saturated heterocycles. The average Bonchev–Trinajstić information content (AvgIpc) is 2.92. The molecule has 0 aliphatic carbocycles. The molecule has 0 radical (unpaired) electrons. The molecule has 2 rings (SSSR count). The van der Waals surface area contributed by atoms with E-state index in [2.05, 4.69) is 10.0 Å². The van der Waals surface area contributed by atoms with E-state index in [4.69, 9.17) is 10.3 Å². The van der Waals surface area contributed by atoms with Gasteiger partial charge in [0.1, 0.15) is 0 Å². The van der Waals surface area contributed by atoms with E-state index in [0.29, 0.717) is 0 Å². The molecule has 14 heavy (non-hydrogen) atoms. The van der Waals surface area contributed by atoms with Crippen molar-refractivity contribution >= 4 is 36.2 Å². The molecule has 1 fully saturated rings. The zero-order valence-electron chi connectivity index (χ0n) is 7.04. The Hall–Kier alpha value is 0.0499. The van der Waals surface area contributed by atoms with Gasteiger partial charge in [0.15, 0.2) is 0 Å². The van der Waals surface area contributed by atoms with Gasteiger partial charge in [0, 0.05) is 0 Å². The summed E-state index contributed by atoms with van der Waals surface area (Å²) in [7, 11) is 0. The van der Waals surface area contributed by atoms with Crippen molar-refractivity contribution in [3.05, 3.63) is 10.4 Å². The number of aliphatic hydroxyl groups excluding tert-OH is 2. The van der Waals surface area contributed by atoms with Crippen molar-refractivity contribution in [1.29, 1.82) is 0 Å². The van der Waals surface area contributed by atoms with Crippen LogP contribution in [0.2, 0.25) is 0 Å². The van der Waals surface area contributed by atoms with E-state index in [1.54, 1.807) is 13.6 Å². The van der Waals surface area contributed by atoms with Gasteiger partial charge in [-0.2, -0.15) is 0 Å². The third-order valence-electron chi connectivity index (χ3n) is 2.48. The van der Waals surface area contributed by atoms with E-state index >= 15 is 0 Å². The molecule has 1 unspecified atom stereocenters. The van der Waals surface area contributed by atoms with Crippen molar-refractivity contribution < 1.29 is 14.9 Å². The molecule has 0 bridgehead atoms. The van der Waals surface area contributed by atoms with Crippen LogP contribution in [0.1, 0.15) is 0 Å². The van der Waals surface area contributed by atoms with E-state index in [0.717, 1.165) is 0 Å². The van der Waals surface area contributed by atoms with E-state index in [9.17, 15) is 10.2 Å². The van der Waals surface area contributed by atoms with Crippen molar-refractivity contribution in [2.75, 3.05) is 4.43 Å². The fourth-order valence-corrected chi connectivity index (χ4v) is 2.32. The molecule has 0 aromatic rings. The molecule has 6 nitrogen and oxygen atoms in total. The summed E-state index contributed by atoms with van der Waals surface area (Å²) in [4.78, 5) is 2.64. The molecule has 2 N–H and O–H groups in total. The molecular weight excluding hydrogens is 299 g/mol. The standard InChI is InChI=1S/C5H6B2IN3O3/c8-1-4(10-11-9)2(12)3(13)5(14-4)6-7-5/h2-3,12-13H,1H2/t2-,3?,4+/m0/s1. The van der Waals surface area contributed by atoms with E-state index in [-0.39, 0.29) is 4.43 Å². The summed E-state index contributed by atoms with van der Waals surface area (Å²) in [6.45, 7) is 3.28. The fourth-order valence-electron chi connectivity index (χ4n) is 1.56. The topological polar surface area (TPSA) is 98.5 Å². The fraction of sp³-hybridized carbons (Fsp3) is 1.00. The molecule has 1 spiro atoms. The van der Waals surface area contributed by atoms with Gasteiger partial charge in [0.05, 0.1) is 0 Å². The van der Waals surface area contributed by atoms with Crippen LogP contribution in [0.3, 0.4) is 0 Å². The van der Waals surface area contributed by atoms with Crippen LogP contribution in [0.4, 0.5) is 0 Å². The molecule has 9 heteroatoms. The number of alkyl halides is 1. The number of azide groups is 1. The normalized spacial score (nSPS) is 41.4. The Morgan fingerprint density at radius 1 is 1.50 bits per heavy atom. The minimum atomic E-state index is -1.35. The van der Waals surface area contributed by atoms with Gasteiger partial charge in [0.2, 0.25) is 0 Å². The van der Waals surface area contributed by atoms with E-state index < -0.39 is 23.3 Å². The molecule has 72 valence electrons. The molecule has 0 amide bonds. The maximum atomic E-state index is 9.73. The maximum absolute atomic E-state index is 9.73.